The van der Waals surface area contributed by atoms with Gasteiger partial charge in [0.2, 0.25) is 0 Å². The number of benzene rings is 4. The molecule has 204 valence electrons. The Morgan fingerprint density at radius 1 is 0.513 bits per heavy atom. The van der Waals surface area contributed by atoms with E-state index in [1.54, 1.807) is 0 Å². The highest BCUT2D eigenvalue weighted by Gasteiger charge is 2.25. The second-order valence-corrected chi connectivity index (χ2v) is 12.3. The van der Waals surface area contributed by atoms with Crippen LogP contribution >= 0.6 is 23.5 Å². The smallest absolute Gasteiger partial charge is 0.0824 e. The maximum atomic E-state index is 11.3. The third-order valence-corrected chi connectivity index (χ3v) is 9.39. The van der Waals surface area contributed by atoms with Gasteiger partial charge in [0.25, 0.3) is 0 Å². The van der Waals surface area contributed by atoms with Crippen LogP contribution < -0.4 is 0 Å². The molecule has 0 heterocycles. The molecule has 0 spiro atoms. The topological polar surface area (TPSA) is 38.7 Å². The molecule has 2 atom stereocenters. The minimum absolute atomic E-state index is 0.0407. The number of hydrogen-bond acceptors (Lipinski definition) is 5. The number of thioether (sulfide) groups is 2. The first-order valence-corrected chi connectivity index (χ1v) is 15.6. The van der Waals surface area contributed by atoms with Gasteiger partial charge in [0.15, 0.2) is 0 Å². The predicted octanol–water partition coefficient (Wildman–Crippen LogP) is 7.98. The van der Waals surface area contributed by atoms with E-state index >= 15 is 0 Å². The molecule has 0 aliphatic carbocycles. The average molecular weight is 559 g/mol. The SMILES string of the molecule is O[C@@H](COCc1ccccc1)[C@@H](COCc1ccccc1)CC(SCc1ccccc1)SCc1ccccc1. The van der Waals surface area contributed by atoms with Crippen LogP contribution in [0.5, 0.6) is 0 Å². The fourth-order valence-electron chi connectivity index (χ4n) is 4.20. The van der Waals surface area contributed by atoms with E-state index in [1.807, 2.05) is 72.1 Å². The van der Waals surface area contributed by atoms with E-state index in [4.69, 9.17) is 9.47 Å². The summed E-state index contributed by atoms with van der Waals surface area (Å²) < 4.78 is 12.4. The van der Waals surface area contributed by atoms with Gasteiger partial charge in [0, 0.05) is 17.4 Å². The molecule has 0 amide bonds. The molecular weight excluding hydrogens is 521 g/mol. The second-order valence-electron chi connectivity index (χ2n) is 9.59. The molecule has 0 radical (unpaired) electrons. The van der Waals surface area contributed by atoms with Crippen molar-refractivity contribution in [3.05, 3.63) is 144 Å². The van der Waals surface area contributed by atoms with Crippen LogP contribution in [0.1, 0.15) is 28.7 Å². The summed E-state index contributed by atoms with van der Waals surface area (Å²) in [6, 6.07) is 41.5. The zero-order valence-corrected chi connectivity index (χ0v) is 23.9. The van der Waals surface area contributed by atoms with Gasteiger partial charge in [-0.3, -0.25) is 0 Å². The monoisotopic (exact) mass is 558 g/mol. The molecular formula is C34H38O3S2. The molecule has 5 heteroatoms. The van der Waals surface area contributed by atoms with Gasteiger partial charge in [-0.1, -0.05) is 121 Å². The van der Waals surface area contributed by atoms with E-state index in [0.29, 0.717) is 24.4 Å². The predicted molar refractivity (Wildman–Crippen MR) is 166 cm³/mol. The lowest BCUT2D eigenvalue weighted by molar-refractivity contribution is -0.0332. The van der Waals surface area contributed by atoms with Crippen molar-refractivity contribution in [2.75, 3.05) is 13.2 Å². The fraction of sp³-hybridized carbons (Fsp3) is 0.294. The van der Waals surface area contributed by atoms with Crippen molar-refractivity contribution in [2.45, 2.75) is 41.8 Å². The van der Waals surface area contributed by atoms with Gasteiger partial charge >= 0.3 is 0 Å². The number of aliphatic hydroxyl groups excluding tert-OH is 1. The molecule has 0 fully saturated rings. The van der Waals surface area contributed by atoms with Crippen molar-refractivity contribution in [1.29, 1.82) is 0 Å². The van der Waals surface area contributed by atoms with E-state index < -0.39 is 6.10 Å². The quantitative estimate of drug-likeness (QED) is 0.133. The summed E-state index contributed by atoms with van der Waals surface area (Å²) >= 11 is 3.89. The van der Waals surface area contributed by atoms with Gasteiger partial charge in [0.1, 0.15) is 0 Å². The Bertz CT molecular complexity index is 1120. The van der Waals surface area contributed by atoms with E-state index in [9.17, 15) is 5.11 Å². The molecule has 3 nitrogen and oxygen atoms in total. The van der Waals surface area contributed by atoms with Gasteiger partial charge in [0.05, 0.1) is 37.1 Å². The van der Waals surface area contributed by atoms with Crippen molar-refractivity contribution in [3.63, 3.8) is 0 Å². The number of aliphatic hydroxyl groups is 1. The molecule has 4 aromatic carbocycles. The third-order valence-electron chi connectivity index (χ3n) is 6.44. The van der Waals surface area contributed by atoms with E-state index in [1.165, 1.54) is 11.1 Å². The summed E-state index contributed by atoms with van der Waals surface area (Å²) in [4.78, 5) is 0. The Hall–Kier alpha value is -2.54. The normalized spacial score (nSPS) is 12.9. The highest BCUT2D eigenvalue weighted by molar-refractivity contribution is 8.16. The highest BCUT2D eigenvalue weighted by atomic mass is 32.2. The first-order valence-electron chi connectivity index (χ1n) is 13.5. The van der Waals surface area contributed by atoms with Crippen molar-refractivity contribution in [2.24, 2.45) is 5.92 Å². The third kappa shape index (κ3) is 11.2. The molecule has 0 saturated carbocycles. The van der Waals surface area contributed by atoms with Crippen molar-refractivity contribution >= 4 is 23.5 Å². The van der Waals surface area contributed by atoms with E-state index in [2.05, 4.69) is 72.8 Å². The van der Waals surface area contributed by atoms with E-state index in [0.717, 1.165) is 29.1 Å². The van der Waals surface area contributed by atoms with Gasteiger partial charge in [-0.25, -0.2) is 0 Å². The van der Waals surface area contributed by atoms with Crippen LogP contribution in [-0.4, -0.2) is 29.0 Å². The summed E-state index contributed by atoms with van der Waals surface area (Å²) in [5, 5.41) is 11.3. The maximum Gasteiger partial charge on any atom is 0.0824 e. The van der Waals surface area contributed by atoms with E-state index in [-0.39, 0.29) is 12.5 Å². The van der Waals surface area contributed by atoms with Gasteiger partial charge in [-0.2, -0.15) is 0 Å². The number of hydrogen-bond donors (Lipinski definition) is 1. The van der Waals surface area contributed by atoms with Crippen LogP contribution in [0, 0.1) is 5.92 Å². The zero-order valence-electron chi connectivity index (χ0n) is 22.3. The first-order chi connectivity index (χ1) is 19.3. The van der Waals surface area contributed by atoms with Crippen LogP contribution in [0.3, 0.4) is 0 Å². The Balaban J connectivity index is 1.39. The van der Waals surface area contributed by atoms with Crippen molar-refractivity contribution in [1.82, 2.24) is 0 Å². The summed E-state index contributed by atoms with van der Waals surface area (Å²) in [6.07, 6.45) is 0.223. The van der Waals surface area contributed by atoms with Gasteiger partial charge in [-0.05, 0) is 28.7 Å². The Morgan fingerprint density at radius 3 is 1.33 bits per heavy atom. The standard InChI is InChI=1S/C34H38O3S2/c35-33(25-37-23-29-15-7-2-8-16-29)32(24-36-22-28-13-5-1-6-14-28)21-34(38-26-30-17-9-3-10-18-30)39-27-31-19-11-4-12-20-31/h1-20,32-35H,21-27H2/t32-,33+/m1/s1. The van der Waals surface area contributed by atoms with Gasteiger partial charge < -0.3 is 14.6 Å². The Labute approximate surface area is 242 Å². The highest BCUT2D eigenvalue weighted by Crippen LogP contribution is 2.35. The van der Waals surface area contributed by atoms with Crippen molar-refractivity contribution in [3.8, 4) is 0 Å². The number of ether oxygens (including phenoxy) is 2. The lowest BCUT2D eigenvalue weighted by Gasteiger charge is -2.27. The molecule has 0 aliphatic rings. The van der Waals surface area contributed by atoms with Gasteiger partial charge in [-0.15, -0.1) is 23.5 Å². The average Bonchev–Trinajstić information content (AvgIpc) is 3.00. The first kappa shape index (κ1) is 29.4. The summed E-state index contributed by atoms with van der Waals surface area (Å²) in [5.41, 5.74) is 4.88. The molecule has 0 aliphatic heterocycles. The molecule has 1 N–H and O–H groups in total. The maximum absolute atomic E-state index is 11.3. The molecule has 4 aromatic rings. The molecule has 0 saturated heterocycles. The summed E-state index contributed by atoms with van der Waals surface area (Å²) in [6.45, 7) is 1.80. The summed E-state index contributed by atoms with van der Waals surface area (Å²) in [5.74, 6) is 1.83. The lowest BCUT2D eigenvalue weighted by Crippen LogP contribution is -2.31. The minimum atomic E-state index is -0.610. The van der Waals surface area contributed by atoms with Crippen molar-refractivity contribution < 1.29 is 14.6 Å². The molecule has 4 rings (SSSR count). The molecule has 39 heavy (non-hydrogen) atoms. The van der Waals surface area contributed by atoms with Crippen LogP contribution in [0.15, 0.2) is 121 Å². The largest absolute Gasteiger partial charge is 0.390 e. The molecule has 0 bridgehead atoms. The van der Waals surface area contributed by atoms with Crippen LogP contribution in [0.4, 0.5) is 0 Å². The molecule has 0 aromatic heterocycles. The Kier molecular flexibility index (Phi) is 13.0. The lowest BCUT2D eigenvalue weighted by atomic mass is 10.0. The molecule has 0 unspecified atom stereocenters. The summed E-state index contributed by atoms with van der Waals surface area (Å²) in [7, 11) is 0. The van der Waals surface area contributed by atoms with Crippen LogP contribution in [-0.2, 0) is 34.2 Å². The second kappa shape index (κ2) is 17.2. The van der Waals surface area contributed by atoms with Crippen LogP contribution in [0.25, 0.3) is 0 Å². The minimum Gasteiger partial charge on any atom is -0.390 e. The number of rotatable bonds is 17. The fourth-order valence-corrected chi connectivity index (χ4v) is 6.91. The Morgan fingerprint density at radius 2 is 0.897 bits per heavy atom. The zero-order chi connectivity index (χ0) is 27.0. The van der Waals surface area contributed by atoms with Crippen LogP contribution in [0.2, 0.25) is 0 Å².